The van der Waals surface area contributed by atoms with E-state index in [1.54, 1.807) is 11.0 Å². The largest absolute Gasteiger partial charge is 0.484 e. The molecule has 0 bridgehead atoms. The number of amides is 2. The fourth-order valence-corrected chi connectivity index (χ4v) is 4.09. The molecule has 0 radical (unpaired) electrons. The zero-order valence-corrected chi connectivity index (χ0v) is 18.8. The predicted octanol–water partition coefficient (Wildman–Crippen LogP) is 2.26. The van der Waals surface area contributed by atoms with Gasteiger partial charge in [0.1, 0.15) is 5.75 Å². The van der Waals surface area contributed by atoms with Gasteiger partial charge in [0.15, 0.2) is 6.61 Å². The summed E-state index contributed by atoms with van der Waals surface area (Å²) in [5.41, 5.74) is 3.18. The van der Waals surface area contributed by atoms with Crippen molar-refractivity contribution in [2.24, 2.45) is 0 Å². The van der Waals surface area contributed by atoms with Gasteiger partial charge in [0.05, 0.1) is 0 Å². The molecule has 2 amide bonds. The van der Waals surface area contributed by atoms with Gasteiger partial charge in [-0.2, -0.15) is 0 Å². The van der Waals surface area contributed by atoms with E-state index < -0.39 is 0 Å². The summed E-state index contributed by atoms with van der Waals surface area (Å²) in [6.07, 6.45) is 1.47. The molecule has 7 nitrogen and oxygen atoms in total. The first-order chi connectivity index (χ1) is 15.6. The molecule has 0 saturated carbocycles. The number of piperazine rings is 1. The van der Waals surface area contributed by atoms with Gasteiger partial charge in [-0.3, -0.25) is 14.5 Å². The highest BCUT2D eigenvalue weighted by Gasteiger charge is 2.22. The van der Waals surface area contributed by atoms with Gasteiger partial charge in [0.25, 0.3) is 5.91 Å². The van der Waals surface area contributed by atoms with Crippen molar-refractivity contribution < 1.29 is 14.3 Å². The molecule has 1 N–H and O–H groups in total. The van der Waals surface area contributed by atoms with Crippen molar-refractivity contribution in [1.82, 2.24) is 15.1 Å². The number of likely N-dealkylation sites (N-methyl/N-ethyl adjacent to an activating group) is 1. The first-order valence-electron chi connectivity index (χ1n) is 11.4. The monoisotopic (exact) mass is 436 g/mol. The molecular formula is C25H32N4O3. The Morgan fingerprint density at radius 3 is 2.47 bits per heavy atom. The van der Waals surface area contributed by atoms with Gasteiger partial charge in [-0.25, -0.2) is 0 Å². The highest BCUT2D eigenvalue weighted by Crippen LogP contribution is 2.25. The lowest BCUT2D eigenvalue weighted by Gasteiger charge is -2.32. The second-order valence-corrected chi connectivity index (χ2v) is 8.61. The fraction of sp³-hybridized carbons (Fsp3) is 0.440. The second kappa shape index (κ2) is 10.6. The maximum atomic E-state index is 12.2. The van der Waals surface area contributed by atoms with E-state index in [2.05, 4.69) is 46.4 Å². The van der Waals surface area contributed by atoms with Gasteiger partial charge in [-0.05, 0) is 36.7 Å². The number of nitrogens with one attached hydrogen (secondary N) is 1. The van der Waals surface area contributed by atoms with Crippen LogP contribution in [0.4, 0.5) is 5.69 Å². The molecule has 2 fully saturated rings. The number of hydrogen-bond donors (Lipinski definition) is 1. The Hall–Kier alpha value is -2.90. The van der Waals surface area contributed by atoms with Crippen LogP contribution in [0, 0.1) is 0 Å². The van der Waals surface area contributed by atoms with Crippen LogP contribution in [-0.4, -0.2) is 68.0 Å². The molecule has 7 heteroatoms. The number of carbonyl (C=O) groups excluding carboxylic acids is 2. The SMILES string of the molecule is CN1CCN(Cc2ccc(CNC(=O)COc3cccc(N4CCCC4=O)c3)cc2)CC1. The van der Waals surface area contributed by atoms with Crippen LogP contribution in [0.5, 0.6) is 5.75 Å². The smallest absolute Gasteiger partial charge is 0.258 e. The van der Waals surface area contributed by atoms with Crippen molar-refractivity contribution in [3.63, 3.8) is 0 Å². The molecule has 0 aliphatic carbocycles. The normalized spacial score (nSPS) is 17.5. The van der Waals surface area contributed by atoms with Gasteiger partial charge < -0.3 is 19.9 Å². The van der Waals surface area contributed by atoms with Crippen LogP contribution in [0.2, 0.25) is 0 Å². The molecule has 2 aromatic rings. The highest BCUT2D eigenvalue weighted by molar-refractivity contribution is 5.95. The Kier molecular flexibility index (Phi) is 7.39. The topological polar surface area (TPSA) is 65.1 Å². The summed E-state index contributed by atoms with van der Waals surface area (Å²) in [6.45, 7) is 6.56. The number of hydrogen-bond acceptors (Lipinski definition) is 5. The molecule has 0 spiro atoms. The van der Waals surface area contributed by atoms with Crippen LogP contribution in [-0.2, 0) is 22.7 Å². The van der Waals surface area contributed by atoms with Crippen LogP contribution in [0.15, 0.2) is 48.5 Å². The van der Waals surface area contributed by atoms with Crippen molar-refractivity contribution in [2.75, 3.05) is 51.3 Å². The van der Waals surface area contributed by atoms with Crippen LogP contribution >= 0.6 is 0 Å². The first-order valence-corrected chi connectivity index (χ1v) is 11.4. The second-order valence-electron chi connectivity index (χ2n) is 8.61. The molecule has 0 unspecified atom stereocenters. The van der Waals surface area contributed by atoms with E-state index in [0.717, 1.165) is 56.9 Å². The molecule has 2 aliphatic rings. The lowest BCUT2D eigenvalue weighted by Crippen LogP contribution is -2.43. The Labute approximate surface area is 189 Å². The summed E-state index contributed by atoms with van der Waals surface area (Å²) in [5, 5.41) is 2.91. The molecule has 2 saturated heterocycles. The third-order valence-corrected chi connectivity index (χ3v) is 6.09. The Morgan fingerprint density at radius 1 is 1.00 bits per heavy atom. The number of nitrogens with zero attached hydrogens (tertiary/aromatic N) is 3. The molecule has 2 aliphatic heterocycles. The maximum absolute atomic E-state index is 12.2. The Balaban J connectivity index is 1.20. The summed E-state index contributed by atoms with van der Waals surface area (Å²) in [6, 6.07) is 15.8. The van der Waals surface area contributed by atoms with Crippen molar-refractivity contribution >= 4 is 17.5 Å². The van der Waals surface area contributed by atoms with Crippen LogP contribution in [0.3, 0.4) is 0 Å². The Morgan fingerprint density at radius 2 is 1.75 bits per heavy atom. The van der Waals surface area contributed by atoms with Gasteiger partial charge in [0, 0.05) is 64.0 Å². The molecular weight excluding hydrogens is 404 g/mol. The number of anilines is 1. The standard InChI is InChI=1S/C25H32N4O3/c1-27-12-14-28(15-13-27)18-21-9-7-20(8-10-21)17-26-24(30)19-32-23-5-2-4-22(16-23)29-11-3-6-25(29)31/h2,4-5,7-10,16H,3,6,11-15,17-19H2,1H3,(H,26,30). The zero-order chi connectivity index (χ0) is 22.3. The average molecular weight is 437 g/mol. The molecule has 0 atom stereocenters. The minimum absolute atomic E-state index is 0.0567. The van der Waals surface area contributed by atoms with Gasteiger partial charge in [-0.15, -0.1) is 0 Å². The van der Waals surface area contributed by atoms with Gasteiger partial charge in [0.2, 0.25) is 5.91 Å². The van der Waals surface area contributed by atoms with Crippen LogP contribution in [0.1, 0.15) is 24.0 Å². The van der Waals surface area contributed by atoms with Crippen LogP contribution < -0.4 is 15.0 Å². The number of ether oxygens (including phenoxy) is 1. The number of rotatable bonds is 8. The van der Waals surface area contributed by atoms with Crippen molar-refractivity contribution in [1.29, 1.82) is 0 Å². The minimum atomic E-state index is -0.172. The number of carbonyl (C=O) groups is 2. The lowest BCUT2D eigenvalue weighted by molar-refractivity contribution is -0.123. The lowest BCUT2D eigenvalue weighted by atomic mass is 10.1. The van der Waals surface area contributed by atoms with Gasteiger partial charge in [-0.1, -0.05) is 30.3 Å². The molecule has 32 heavy (non-hydrogen) atoms. The van der Waals surface area contributed by atoms with E-state index in [0.29, 0.717) is 18.7 Å². The van der Waals surface area contributed by atoms with Crippen molar-refractivity contribution in [2.45, 2.75) is 25.9 Å². The van der Waals surface area contributed by atoms with E-state index in [-0.39, 0.29) is 18.4 Å². The predicted molar refractivity (Wildman–Crippen MR) is 125 cm³/mol. The molecule has 2 heterocycles. The summed E-state index contributed by atoms with van der Waals surface area (Å²) in [7, 11) is 2.17. The summed E-state index contributed by atoms with van der Waals surface area (Å²) in [4.78, 5) is 30.7. The van der Waals surface area contributed by atoms with E-state index >= 15 is 0 Å². The summed E-state index contributed by atoms with van der Waals surface area (Å²) >= 11 is 0. The summed E-state index contributed by atoms with van der Waals surface area (Å²) < 4.78 is 5.64. The van der Waals surface area contributed by atoms with E-state index in [1.165, 1.54) is 5.56 Å². The Bertz CT molecular complexity index is 923. The first kappa shape index (κ1) is 22.3. The molecule has 4 rings (SSSR count). The third kappa shape index (κ3) is 6.08. The van der Waals surface area contributed by atoms with E-state index in [1.807, 2.05) is 18.2 Å². The fourth-order valence-electron chi connectivity index (χ4n) is 4.09. The van der Waals surface area contributed by atoms with E-state index in [4.69, 9.17) is 4.74 Å². The van der Waals surface area contributed by atoms with E-state index in [9.17, 15) is 9.59 Å². The molecule has 2 aromatic carbocycles. The summed E-state index contributed by atoms with van der Waals surface area (Å²) in [5.74, 6) is 0.550. The molecule has 0 aromatic heterocycles. The molecule has 170 valence electrons. The zero-order valence-electron chi connectivity index (χ0n) is 18.8. The quantitative estimate of drug-likeness (QED) is 0.688. The van der Waals surface area contributed by atoms with Crippen molar-refractivity contribution in [3.05, 3.63) is 59.7 Å². The average Bonchev–Trinajstić information content (AvgIpc) is 3.25. The number of benzene rings is 2. The van der Waals surface area contributed by atoms with Crippen LogP contribution in [0.25, 0.3) is 0 Å². The highest BCUT2D eigenvalue weighted by atomic mass is 16.5. The van der Waals surface area contributed by atoms with Crippen molar-refractivity contribution in [3.8, 4) is 5.75 Å². The maximum Gasteiger partial charge on any atom is 0.258 e. The minimum Gasteiger partial charge on any atom is -0.484 e. The van der Waals surface area contributed by atoms with Gasteiger partial charge >= 0.3 is 0 Å². The third-order valence-electron chi connectivity index (χ3n) is 6.09.